The molecule has 0 atom stereocenters. The third-order valence-electron chi connectivity index (χ3n) is 2.18. The van der Waals surface area contributed by atoms with Crippen molar-refractivity contribution in [3.8, 4) is 11.4 Å². The van der Waals surface area contributed by atoms with Crippen LogP contribution in [-0.4, -0.2) is 23.7 Å². The molecule has 0 aliphatic heterocycles. The molecule has 0 saturated carbocycles. The van der Waals surface area contributed by atoms with Crippen LogP contribution in [0.15, 0.2) is 22.7 Å². The molecule has 1 aromatic carbocycles. The maximum atomic E-state index is 5.91. The number of nitrogens with zero attached hydrogens (tertiary/aromatic N) is 2. The first kappa shape index (κ1) is 12.4. The molecule has 0 fully saturated rings. The van der Waals surface area contributed by atoms with E-state index in [9.17, 15) is 0 Å². The molecule has 90 valence electrons. The van der Waals surface area contributed by atoms with Crippen molar-refractivity contribution in [2.24, 2.45) is 0 Å². The van der Waals surface area contributed by atoms with Gasteiger partial charge in [0.1, 0.15) is 0 Å². The van der Waals surface area contributed by atoms with E-state index in [1.807, 2.05) is 7.05 Å². The van der Waals surface area contributed by atoms with Crippen LogP contribution in [0.4, 0.5) is 0 Å². The average molecular weight is 272 g/mol. The van der Waals surface area contributed by atoms with Gasteiger partial charge >= 0.3 is 0 Å². The molecule has 0 radical (unpaired) electrons. The van der Waals surface area contributed by atoms with E-state index in [-0.39, 0.29) is 0 Å². The van der Waals surface area contributed by atoms with E-state index in [2.05, 4.69) is 15.5 Å². The Morgan fingerprint density at radius 3 is 2.59 bits per heavy atom. The third kappa shape index (κ3) is 3.19. The molecule has 6 heteroatoms. The molecular weight excluding hydrogens is 261 g/mol. The summed E-state index contributed by atoms with van der Waals surface area (Å²) in [4.78, 5) is 4.27. The largest absolute Gasteiger partial charge is 0.339 e. The predicted octanol–water partition coefficient (Wildman–Crippen LogP) is 2.81. The zero-order valence-corrected chi connectivity index (χ0v) is 10.7. The summed E-state index contributed by atoms with van der Waals surface area (Å²) in [7, 11) is 1.87. The Labute approximate surface area is 109 Å². The molecule has 0 aliphatic rings. The Bertz CT molecular complexity index is 493. The second kappa shape index (κ2) is 5.49. The smallest absolute Gasteiger partial charge is 0.228 e. The van der Waals surface area contributed by atoms with Gasteiger partial charge in [0.05, 0.1) is 0 Å². The molecule has 0 spiro atoms. The summed E-state index contributed by atoms with van der Waals surface area (Å²) in [5.74, 6) is 1.09. The minimum Gasteiger partial charge on any atom is -0.339 e. The molecule has 0 unspecified atom stereocenters. The Hall–Kier alpha value is -1.10. The van der Waals surface area contributed by atoms with Crippen molar-refractivity contribution < 1.29 is 4.52 Å². The highest BCUT2D eigenvalue weighted by Crippen LogP contribution is 2.25. The maximum Gasteiger partial charge on any atom is 0.228 e. The van der Waals surface area contributed by atoms with Crippen LogP contribution in [-0.2, 0) is 6.42 Å². The molecule has 1 heterocycles. The van der Waals surface area contributed by atoms with Crippen molar-refractivity contribution in [3.05, 3.63) is 34.1 Å². The molecule has 0 aliphatic carbocycles. The fourth-order valence-electron chi connectivity index (χ4n) is 1.39. The Kier molecular flexibility index (Phi) is 3.99. The highest BCUT2D eigenvalue weighted by Gasteiger charge is 2.09. The van der Waals surface area contributed by atoms with Gasteiger partial charge in [-0.15, -0.1) is 0 Å². The van der Waals surface area contributed by atoms with Crippen LogP contribution in [0.5, 0.6) is 0 Å². The lowest BCUT2D eigenvalue weighted by atomic mass is 10.2. The zero-order chi connectivity index (χ0) is 12.3. The summed E-state index contributed by atoms with van der Waals surface area (Å²) in [6.07, 6.45) is 0.692. The van der Waals surface area contributed by atoms with E-state index in [4.69, 9.17) is 27.7 Å². The summed E-state index contributed by atoms with van der Waals surface area (Å²) in [6, 6.07) is 5.16. The van der Waals surface area contributed by atoms with Gasteiger partial charge in [-0.3, -0.25) is 0 Å². The number of hydrogen-bond acceptors (Lipinski definition) is 4. The maximum absolute atomic E-state index is 5.91. The molecule has 0 saturated heterocycles. The summed E-state index contributed by atoms with van der Waals surface area (Å²) < 4.78 is 5.11. The number of halogens is 2. The van der Waals surface area contributed by atoms with Crippen LogP contribution in [0.3, 0.4) is 0 Å². The quantitative estimate of drug-likeness (QED) is 0.929. The van der Waals surface area contributed by atoms with Gasteiger partial charge in [-0.1, -0.05) is 28.4 Å². The number of likely N-dealkylation sites (N-methyl/N-ethyl adjacent to an activating group) is 1. The lowest BCUT2D eigenvalue weighted by Gasteiger charge is -1.97. The molecule has 1 aromatic heterocycles. The number of aromatic nitrogens is 2. The van der Waals surface area contributed by atoms with E-state index in [1.54, 1.807) is 18.2 Å². The fourth-order valence-corrected chi connectivity index (χ4v) is 1.91. The third-order valence-corrected chi connectivity index (χ3v) is 2.61. The lowest BCUT2D eigenvalue weighted by molar-refractivity contribution is 0.377. The first-order valence-electron chi connectivity index (χ1n) is 5.12. The van der Waals surface area contributed by atoms with E-state index in [1.165, 1.54) is 0 Å². The first-order valence-corrected chi connectivity index (χ1v) is 5.88. The van der Waals surface area contributed by atoms with E-state index in [0.717, 1.165) is 12.1 Å². The topological polar surface area (TPSA) is 51.0 Å². The minimum atomic E-state index is 0.500. The summed E-state index contributed by atoms with van der Waals surface area (Å²) in [6.45, 7) is 0.790. The number of benzene rings is 1. The van der Waals surface area contributed by atoms with Crippen LogP contribution in [0, 0.1) is 0 Å². The van der Waals surface area contributed by atoms with Gasteiger partial charge < -0.3 is 9.84 Å². The lowest BCUT2D eigenvalue weighted by Crippen LogP contribution is -2.10. The van der Waals surface area contributed by atoms with Crippen LogP contribution in [0.2, 0.25) is 10.0 Å². The molecule has 2 aromatic rings. The number of nitrogens with one attached hydrogen (secondary N) is 1. The predicted molar refractivity (Wildman–Crippen MR) is 67.4 cm³/mol. The van der Waals surface area contributed by atoms with E-state index >= 15 is 0 Å². The van der Waals surface area contributed by atoms with E-state index < -0.39 is 0 Å². The Morgan fingerprint density at radius 2 is 1.94 bits per heavy atom. The summed E-state index contributed by atoms with van der Waals surface area (Å²) >= 11 is 11.8. The van der Waals surface area contributed by atoms with Crippen molar-refractivity contribution in [1.29, 1.82) is 0 Å². The summed E-state index contributed by atoms with van der Waals surface area (Å²) in [5, 5.41) is 8.00. The van der Waals surface area contributed by atoms with Crippen molar-refractivity contribution in [2.75, 3.05) is 13.6 Å². The number of hydrogen-bond donors (Lipinski definition) is 1. The standard InChI is InChI=1S/C11H11Cl2N3O/c1-14-3-2-10-15-11(16-17-10)7-4-8(12)6-9(13)5-7/h4-6,14H,2-3H2,1H3. The highest BCUT2D eigenvalue weighted by atomic mass is 35.5. The van der Waals surface area contributed by atoms with Crippen LogP contribution in [0.1, 0.15) is 5.89 Å². The van der Waals surface area contributed by atoms with Crippen LogP contribution in [0.25, 0.3) is 11.4 Å². The monoisotopic (exact) mass is 271 g/mol. The fraction of sp³-hybridized carbons (Fsp3) is 0.273. The van der Waals surface area contributed by atoms with Crippen LogP contribution >= 0.6 is 23.2 Å². The van der Waals surface area contributed by atoms with Crippen molar-refractivity contribution in [1.82, 2.24) is 15.5 Å². The normalized spacial score (nSPS) is 10.8. The minimum absolute atomic E-state index is 0.500. The molecular formula is C11H11Cl2N3O. The second-order valence-corrected chi connectivity index (χ2v) is 4.40. The molecule has 0 bridgehead atoms. The Morgan fingerprint density at radius 1 is 1.24 bits per heavy atom. The van der Waals surface area contributed by atoms with Gasteiger partial charge in [-0.25, -0.2) is 0 Å². The highest BCUT2D eigenvalue weighted by molar-refractivity contribution is 6.35. The van der Waals surface area contributed by atoms with E-state index in [0.29, 0.717) is 28.2 Å². The molecule has 4 nitrogen and oxygen atoms in total. The van der Waals surface area contributed by atoms with Gasteiger partial charge in [0.25, 0.3) is 0 Å². The molecule has 17 heavy (non-hydrogen) atoms. The average Bonchev–Trinajstić information content (AvgIpc) is 2.73. The van der Waals surface area contributed by atoms with Crippen molar-refractivity contribution >= 4 is 23.2 Å². The number of rotatable bonds is 4. The van der Waals surface area contributed by atoms with Gasteiger partial charge in [-0.2, -0.15) is 4.98 Å². The van der Waals surface area contributed by atoms with Gasteiger partial charge in [-0.05, 0) is 25.2 Å². The molecule has 1 N–H and O–H groups in total. The first-order chi connectivity index (χ1) is 8.19. The van der Waals surface area contributed by atoms with Gasteiger partial charge in [0.2, 0.25) is 11.7 Å². The summed E-state index contributed by atoms with van der Waals surface area (Å²) in [5.41, 5.74) is 0.752. The molecule has 2 rings (SSSR count). The molecule has 0 amide bonds. The van der Waals surface area contributed by atoms with Crippen LogP contribution < -0.4 is 5.32 Å². The zero-order valence-electron chi connectivity index (χ0n) is 9.20. The second-order valence-electron chi connectivity index (χ2n) is 3.52. The van der Waals surface area contributed by atoms with Gasteiger partial charge in [0, 0.05) is 28.6 Å². The van der Waals surface area contributed by atoms with Crippen molar-refractivity contribution in [3.63, 3.8) is 0 Å². The van der Waals surface area contributed by atoms with Gasteiger partial charge in [0.15, 0.2) is 0 Å². The Balaban J connectivity index is 2.24. The van der Waals surface area contributed by atoms with Crippen molar-refractivity contribution in [2.45, 2.75) is 6.42 Å². The SMILES string of the molecule is CNCCc1nc(-c2cc(Cl)cc(Cl)c2)no1.